The van der Waals surface area contributed by atoms with Crippen molar-refractivity contribution in [1.29, 1.82) is 0 Å². The molecule has 0 saturated heterocycles. The molecule has 132 valence electrons. The van der Waals surface area contributed by atoms with Gasteiger partial charge in [0.2, 0.25) is 5.13 Å². The second kappa shape index (κ2) is 7.75. The van der Waals surface area contributed by atoms with Crippen LogP contribution in [0.3, 0.4) is 0 Å². The van der Waals surface area contributed by atoms with Gasteiger partial charge in [0.1, 0.15) is 5.75 Å². The maximum atomic E-state index is 10.7. The van der Waals surface area contributed by atoms with Gasteiger partial charge in [-0.1, -0.05) is 0 Å². The summed E-state index contributed by atoms with van der Waals surface area (Å²) in [6.07, 6.45) is 1.74. The van der Waals surface area contributed by atoms with Crippen molar-refractivity contribution in [3.8, 4) is 17.0 Å². The highest BCUT2D eigenvalue weighted by Gasteiger charge is 2.10. The number of non-ortho nitro benzene ring substituents is 1. The van der Waals surface area contributed by atoms with Crippen LogP contribution >= 0.6 is 11.3 Å². The third kappa shape index (κ3) is 4.04. The van der Waals surface area contributed by atoms with E-state index in [0.29, 0.717) is 0 Å². The molecule has 0 saturated carbocycles. The van der Waals surface area contributed by atoms with E-state index in [-0.39, 0.29) is 5.69 Å². The van der Waals surface area contributed by atoms with Crippen LogP contribution in [0.15, 0.2) is 59.0 Å². The number of anilines is 1. The minimum atomic E-state index is -0.419. The van der Waals surface area contributed by atoms with E-state index >= 15 is 0 Å². The van der Waals surface area contributed by atoms with Gasteiger partial charge in [0.05, 0.1) is 23.9 Å². The van der Waals surface area contributed by atoms with Gasteiger partial charge in [-0.3, -0.25) is 10.1 Å². The summed E-state index contributed by atoms with van der Waals surface area (Å²) < 4.78 is 5.13. The molecule has 0 amide bonds. The Morgan fingerprint density at radius 3 is 2.50 bits per heavy atom. The SMILES string of the molecule is COc1ccc(/C=N/N(C)c2nc(-c3ccc([N+](=O)[O-])cc3)cs2)cc1. The minimum Gasteiger partial charge on any atom is -0.497 e. The van der Waals surface area contributed by atoms with Crippen LogP contribution in [0.5, 0.6) is 5.75 Å². The number of hydrazone groups is 1. The normalized spacial score (nSPS) is 10.8. The molecule has 0 N–H and O–H groups in total. The summed E-state index contributed by atoms with van der Waals surface area (Å²) in [4.78, 5) is 14.8. The van der Waals surface area contributed by atoms with E-state index < -0.39 is 4.92 Å². The molecule has 0 fully saturated rings. The largest absolute Gasteiger partial charge is 0.497 e. The van der Waals surface area contributed by atoms with Crippen LogP contribution in [-0.4, -0.2) is 30.3 Å². The summed E-state index contributed by atoms with van der Waals surface area (Å²) in [5.41, 5.74) is 2.59. The molecule has 0 bridgehead atoms. The van der Waals surface area contributed by atoms with Gasteiger partial charge < -0.3 is 4.74 Å². The second-order valence-corrected chi connectivity index (χ2v) is 6.20. The molecular formula is C18H16N4O3S. The molecule has 0 aliphatic carbocycles. The van der Waals surface area contributed by atoms with E-state index in [2.05, 4.69) is 10.1 Å². The molecule has 0 atom stereocenters. The van der Waals surface area contributed by atoms with Gasteiger partial charge in [-0.05, 0) is 42.0 Å². The van der Waals surface area contributed by atoms with E-state index in [1.165, 1.54) is 23.5 Å². The molecule has 0 radical (unpaired) electrons. The quantitative estimate of drug-likeness (QED) is 0.370. The Hall–Kier alpha value is -3.26. The summed E-state index contributed by atoms with van der Waals surface area (Å²) in [6.45, 7) is 0. The van der Waals surface area contributed by atoms with Crippen molar-refractivity contribution < 1.29 is 9.66 Å². The van der Waals surface area contributed by atoms with Crippen molar-refractivity contribution in [3.63, 3.8) is 0 Å². The molecule has 7 nitrogen and oxygen atoms in total. The van der Waals surface area contributed by atoms with Crippen LogP contribution in [0.4, 0.5) is 10.8 Å². The Kier molecular flexibility index (Phi) is 5.23. The van der Waals surface area contributed by atoms with Gasteiger partial charge in [0.15, 0.2) is 0 Å². The number of nitrogens with zero attached hydrogens (tertiary/aromatic N) is 4. The van der Waals surface area contributed by atoms with Crippen LogP contribution in [-0.2, 0) is 0 Å². The monoisotopic (exact) mass is 368 g/mol. The van der Waals surface area contributed by atoms with Gasteiger partial charge in [0, 0.05) is 30.1 Å². The molecule has 0 spiro atoms. The molecule has 1 aromatic heterocycles. The average Bonchev–Trinajstić information content (AvgIpc) is 3.17. The zero-order valence-electron chi connectivity index (χ0n) is 14.2. The Morgan fingerprint density at radius 2 is 1.88 bits per heavy atom. The minimum absolute atomic E-state index is 0.0606. The molecule has 0 aliphatic rings. The highest BCUT2D eigenvalue weighted by molar-refractivity contribution is 7.14. The van der Waals surface area contributed by atoms with E-state index in [1.54, 1.807) is 30.5 Å². The first-order valence-electron chi connectivity index (χ1n) is 7.69. The smallest absolute Gasteiger partial charge is 0.269 e. The first-order valence-corrected chi connectivity index (χ1v) is 8.57. The second-order valence-electron chi connectivity index (χ2n) is 5.36. The van der Waals surface area contributed by atoms with Crippen molar-refractivity contribution in [1.82, 2.24) is 4.98 Å². The molecule has 2 aromatic carbocycles. The molecule has 3 aromatic rings. The highest BCUT2D eigenvalue weighted by atomic mass is 32.1. The molecule has 1 heterocycles. The summed E-state index contributed by atoms with van der Waals surface area (Å²) in [5.74, 6) is 0.795. The fourth-order valence-corrected chi connectivity index (χ4v) is 2.95. The zero-order valence-corrected chi connectivity index (χ0v) is 15.0. The molecule has 3 rings (SSSR count). The Morgan fingerprint density at radius 1 is 1.19 bits per heavy atom. The number of nitro groups is 1. The lowest BCUT2D eigenvalue weighted by molar-refractivity contribution is -0.384. The predicted octanol–water partition coefficient (Wildman–Crippen LogP) is 4.20. The van der Waals surface area contributed by atoms with E-state index in [4.69, 9.17) is 4.74 Å². The maximum Gasteiger partial charge on any atom is 0.269 e. The van der Waals surface area contributed by atoms with Crippen LogP contribution < -0.4 is 9.75 Å². The van der Waals surface area contributed by atoms with E-state index in [9.17, 15) is 10.1 Å². The Bertz CT molecular complexity index is 920. The number of thiazole rings is 1. The van der Waals surface area contributed by atoms with Crippen molar-refractivity contribution in [2.45, 2.75) is 0 Å². The number of methoxy groups -OCH3 is 1. The number of aromatic nitrogens is 1. The summed E-state index contributed by atoms with van der Waals surface area (Å²) in [7, 11) is 3.44. The van der Waals surface area contributed by atoms with Crippen molar-refractivity contribution in [2.75, 3.05) is 19.2 Å². The van der Waals surface area contributed by atoms with Crippen LogP contribution in [0.1, 0.15) is 5.56 Å². The fourth-order valence-electron chi connectivity index (χ4n) is 2.19. The predicted molar refractivity (Wildman–Crippen MR) is 103 cm³/mol. The highest BCUT2D eigenvalue weighted by Crippen LogP contribution is 2.28. The van der Waals surface area contributed by atoms with Gasteiger partial charge in [-0.15, -0.1) is 11.3 Å². The van der Waals surface area contributed by atoms with Crippen molar-refractivity contribution in [3.05, 3.63) is 69.6 Å². The Balaban J connectivity index is 1.71. The van der Waals surface area contributed by atoms with Crippen LogP contribution in [0, 0.1) is 10.1 Å². The number of hydrogen-bond acceptors (Lipinski definition) is 7. The summed E-state index contributed by atoms with van der Waals surface area (Å²) in [6, 6.07) is 13.9. The van der Waals surface area contributed by atoms with Crippen LogP contribution in [0.25, 0.3) is 11.3 Å². The number of hydrogen-bond donors (Lipinski definition) is 0. The van der Waals surface area contributed by atoms with Gasteiger partial charge in [-0.2, -0.15) is 5.10 Å². The van der Waals surface area contributed by atoms with Gasteiger partial charge in [-0.25, -0.2) is 9.99 Å². The fraction of sp³-hybridized carbons (Fsp3) is 0.111. The molecule has 8 heteroatoms. The molecule has 0 unspecified atom stereocenters. The van der Waals surface area contributed by atoms with Gasteiger partial charge >= 0.3 is 0 Å². The third-order valence-corrected chi connectivity index (χ3v) is 4.55. The lowest BCUT2D eigenvalue weighted by Crippen LogP contribution is -2.08. The number of rotatable bonds is 6. The first kappa shape index (κ1) is 17.6. The summed E-state index contributed by atoms with van der Waals surface area (Å²) in [5, 5.41) is 19.4. The van der Waals surface area contributed by atoms with E-state index in [1.807, 2.05) is 36.7 Å². The standard InChI is InChI=1S/C18H16N4O3S/c1-21(19-11-13-3-9-16(25-2)10-4-13)18-20-17(12-26-18)14-5-7-15(8-6-14)22(23)24/h3-12H,1-2H3/b19-11+. The topological polar surface area (TPSA) is 80.9 Å². The van der Waals surface area contributed by atoms with Crippen LogP contribution in [0.2, 0.25) is 0 Å². The maximum absolute atomic E-state index is 10.7. The van der Waals surface area contributed by atoms with Crippen molar-refractivity contribution >= 4 is 28.4 Å². The average molecular weight is 368 g/mol. The van der Waals surface area contributed by atoms with E-state index in [0.717, 1.165) is 27.7 Å². The van der Waals surface area contributed by atoms with Crippen molar-refractivity contribution in [2.24, 2.45) is 5.10 Å². The molecular weight excluding hydrogens is 352 g/mol. The zero-order chi connectivity index (χ0) is 18.5. The number of benzene rings is 2. The lowest BCUT2D eigenvalue weighted by atomic mass is 10.1. The molecule has 0 aliphatic heterocycles. The number of ether oxygens (including phenoxy) is 1. The lowest BCUT2D eigenvalue weighted by Gasteiger charge is -2.08. The Labute approximate surface area is 154 Å². The summed E-state index contributed by atoms with van der Waals surface area (Å²) >= 11 is 1.45. The van der Waals surface area contributed by atoms with Gasteiger partial charge in [0.25, 0.3) is 5.69 Å². The third-order valence-electron chi connectivity index (χ3n) is 3.64. The molecule has 26 heavy (non-hydrogen) atoms. The first-order chi connectivity index (χ1) is 12.6. The number of nitro benzene ring substituents is 1.